The summed E-state index contributed by atoms with van der Waals surface area (Å²) in [6.07, 6.45) is 10.9. The van der Waals surface area contributed by atoms with Crippen molar-refractivity contribution in [2.45, 2.75) is 106 Å². The Morgan fingerprint density at radius 1 is 0.571 bits per heavy atom. The summed E-state index contributed by atoms with van der Waals surface area (Å²) in [5.74, 6) is 0.344. The summed E-state index contributed by atoms with van der Waals surface area (Å²) in [7, 11) is 0. The maximum atomic E-state index is 11.1. The molecule has 4 aromatic rings. The van der Waals surface area contributed by atoms with Crippen molar-refractivity contribution in [1.29, 1.82) is 0 Å². The van der Waals surface area contributed by atoms with Crippen LogP contribution in [0.2, 0.25) is 13.1 Å². The first-order valence-corrected chi connectivity index (χ1v) is 21.6. The number of hydrogen-bond donors (Lipinski definition) is 0. The molecule has 0 unspecified atom stereocenters. The second-order valence-electron chi connectivity index (χ2n) is 12.0. The summed E-state index contributed by atoms with van der Waals surface area (Å²) in [5.41, 5.74) is 12.3. The fraction of sp³-hybridized carbons (Fsp3) is 0.421. The van der Waals surface area contributed by atoms with E-state index in [9.17, 15) is 10.2 Å². The van der Waals surface area contributed by atoms with Gasteiger partial charge in [-0.3, -0.25) is 0 Å². The summed E-state index contributed by atoms with van der Waals surface area (Å²) in [6, 6.07) is 21.0. The fourth-order valence-corrected chi connectivity index (χ4v) is 5.56. The van der Waals surface area contributed by atoms with Crippen molar-refractivity contribution in [3.05, 3.63) is 116 Å². The third kappa shape index (κ3) is 12.6. The molecule has 0 saturated carbocycles. The first-order valence-electron chi connectivity index (χ1n) is 15.4. The summed E-state index contributed by atoms with van der Waals surface area (Å²) in [6.45, 7) is 16.0. The Labute approximate surface area is 271 Å². The van der Waals surface area contributed by atoms with Gasteiger partial charge >= 0.3 is 41.9 Å². The largest absolute Gasteiger partial charge is 0.872 e. The predicted octanol–water partition coefficient (Wildman–Crippen LogP) is 8.72. The van der Waals surface area contributed by atoms with Crippen LogP contribution in [-0.2, 0) is 49.0 Å². The molecule has 0 spiro atoms. The van der Waals surface area contributed by atoms with E-state index in [1.54, 1.807) is 45.6 Å². The van der Waals surface area contributed by atoms with Gasteiger partial charge in [-0.15, -0.1) is 11.5 Å². The van der Waals surface area contributed by atoms with Crippen molar-refractivity contribution in [2.24, 2.45) is 0 Å². The second kappa shape index (κ2) is 18.5. The normalized spacial score (nSPS) is 12.8. The van der Waals surface area contributed by atoms with E-state index in [0.29, 0.717) is 0 Å². The smallest absolute Gasteiger partial charge is 0.0398 e. The number of rotatable bonds is 0. The van der Waals surface area contributed by atoms with Gasteiger partial charge in [0.25, 0.3) is 0 Å². The van der Waals surface area contributed by atoms with Crippen LogP contribution in [0.25, 0.3) is 0 Å². The molecule has 0 heterocycles. The Morgan fingerprint density at radius 2 is 0.857 bits per heavy atom. The van der Waals surface area contributed by atoms with Gasteiger partial charge in [0.2, 0.25) is 0 Å². The minimum Gasteiger partial charge on any atom is -0.872 e. The second-order valence-corrected chi connectivity index (χ2v) is 21.4. The van der Waals surface area contributed by atoms with Crippen LogP contribution in [0.3, 0.4) is 0 Å². The summed E-state index contributed by atoms with van der Waals surface area (Å²) < 4.78 is 0. The Morgan fingerprint density at radius 3 is 1.14 bits per heavy atom. The van der Waals surface area contributed by atoms with Crippen molar-refractivity contribution < 1.29 is 33.5 Å². The monoisotopic (exact) mass is 656 g/mol. The molecule has 0 amide bonds. The van der Waals surface area contributed by atoms with Crippen molar-refractivity contribution in [3.63, 3.8) is 0 Å². The van der Waals surface area contributed by atoms with Crippen LogP contribution in [0.15, 0.2) is 60.7 Å². The van der Waals surface area contributed by atoms with E-state index in [4.69, 9.17) is 0 Å². The van der Waals surface area contributed by atoms with Crippen LogP contribution < -0.4 is 10.2 Å². The Balaban J connectivity index is 0.000000188. The van der Waals surface area contributed by atoms with E-state index in [0.717, 1.165) is 33.4 Å². The van der Waals surface area contributed by atoms with Crippen molar-refractivity contribution >= 4 is 5.43 Å². The maximum absolute atomic E-state index is 11.1. The molecule has 0 saturated heterocycles. The van der Waals surface area contributed by atoms with Gasteiger partial charge in [0.05, 0.1) is 0 Å². The van der Waals surface area contributed by atoms with Crippen molar-refractivity contribution in [2.75, 3.05) is 0 Å². The Hall–Kier alpha value is -2.16. The van der Waals surface area contributed by atoms with Gasteiger partial charge in [-0.25, -0.2) is 12.1 Å². The van der Waals surface area contributed by atoms with Crippen LogP contribution in [0, 0.1) is 41.5 Å². The van der Waals surface area contributed by atoms with Gasteiger partial charge in [0.1, 0.15) is 0 Å². The van der Waals surface area contributed by atoms with Gasteiger partial charge in [-0.05, 0) is 41.5 Å². The number of fused-ring (bicyclic) bond motifs is 2. The predicted molar refractivity (Wildman–Crippen MR) is 175 cm³/mol. The first-order chi connectivity index (χ1) is 19.9. The van der Waals surface area contributed by atoms with Crippen molar-refractivity contribution in [1.82, 2.24) is 0 Å². The average Bonchev–Trinajstić information content (AvgIpc) is 3.61. The molecular weight excluding hydrogens is 608 g/mol. The zero-order valence-corrected chi connectivity index (χ0v) is 30.7. The minimum absolute atomic E-state index is 0.172. The molecule has 4 heteroatoms. The SMILES string of the molecule is C[Si](C)=[Zr+2].Cc1cc(C)c([O-])c(C)c1.Cc1cc(C)c([O-])c(C)c1.c1cc2c([cH-]1)CCCC2.c1cc2c([cH-]1)CCCC2. The molecule has 0 fully saturated rings. The Bertz CT molecular complexity index is 1220. The van der Waals surface area contributed by atoms with E-state index in [-0.39, 0.29) is 16.9 Å². The molecule has 2 aliphatic carbocycles. The molecule has 0 aromatic heterocycles. The standard InChI is InChI=1S/2C9H12O.2C9H11.C2H6Si.Zr/c2*1-6-4-7(2)9(10)8(3)5-6;2*1-2-5-9-7-3-6-8(9)4-1;1-3-2;/h2*4-5,10H,1-3H3;2*3,6-7H,1-2,4-5H2;1-2H3;/q;;2*-1;;+2/p-2. The molecule has 0 N–H and O–H groups in total. The summed E-state index contributed by atoms with van der Waals surface area (Å²) in [5, 5.41) is 22.2. The van der Waals surface area contributed by atoms with E-state index >= 15 is 0 Å². The van der Waals surface area contributed by atoms with Gasteiger partial charge in [0, 0.05) is 0 Å². The average molecular weight is 658 g/mol. The topological polar surface area (TPSA) is 46.1 Å². The first kappa shape index (κ1) is 36.0. The molecule has 4 aromatic carbocycles. The van der Waals surface area contributed by atoms with E-state index in [1.165, 1.54) is 51.4 Å². The minimum atomic E-state index is 0.172. The molecule has 0 radical (unpaired) electrons. The van der Waals surface area contributed by atoms with Crippen LogP contribution >= 0.6 is 0 Å². The zero-order chi connectivity index (χ0) is 31.2. The fourth-order valence-electron chi connectivity index (χ4n) is 5.56. The van der Waals surface area contributed by atoms with Crippen molar-refractivity contribution in [3.8, 4) is 11.5 Å². The quantitative estimate of drug-likeness (QED) is 0.140. The van der Waals surface area contributed by atoms with Gasteiger partial charge < -0.3 is 10.2 Å². The van der Waals surface area contributed by atoms with E-state index in [1.807, 2.05) is 65.8 Å². The molecule has 224 valence electrons. The van der Waals surface area contributed by atoms with Crippen LogP contribution in [0.4, 0.5) is 0 Å². The van der Waals surface area contributed by atoms with Crippen LogP contribution in [0.1, 0.15) is 81.3 Å². The zero-order valence-electron chi connectivity index (χ0n) is 27.2. The third-order valence-corrected chi connectivity index (χ3v) is 7.51. The van der Waals surface area contributed by atoms with Crippen LogP contribution in [0.5, 0.6) is 11.5 Å². The number of aryl methyl sites for hydroxylation is 10. The number of benzene rings is 2. The maximum Gasteiger partial charge on any atom is -0.0398 e. The molecule has 6 rings (SSSR count). The third-order valence-electron chi connectivity index (χ3n) is 7.51. The van der Waals surface area contributed by atoms with Gasteiger partial charge in [0.15, 0.2) is 0 Å². The van der Waals surface area contributed by atoms with Crippen LogP contribution in [-0.4, -0.2) is 5.43 Å². The molecule has 0 bridgehead atoms. The molecule has 0 atom stereocenters. The summed E-state index contributed by atoms with van der Waals surface area (Å²) >= 11 is 1.74. The Kier molecular flexibility index (Phi) is 15.9. The van der Waals surface area contributed by atoms with E-state index < -0.39 is 0 Å². The molecular formula is C38H50O2SiZr-2. The molecule has 42 heavy (non-hydrogen) atoms. The molecule has 0 aliphatic heterocycles. The summed E-state index contributed by atoms with van der Waals surface area (Å²) in [4.78, 5) is 0. The number of hydrogen-bond acceptors (Lipinski definition) is 2. The van der Waals surface area contributed by atoms with Gasteiger partial charge in [-0.2, -0.15) is 46.5 Å². The van der Waals surface area contributed by atoms with E-state index in [2.05, 4.69) is 49.5 Å². The molecule has 2 nitrogen and oxygen atoms in total. The molecule has 2 aliphatic rings. The van der Waals surface area contributed by atoms with Gasteiger partial charge in [-0.1, -0.05) is 109 Å².